The summed E-state index contributed by atoms with van der Waals surface area (Å²) in [5, 5.41) is 4.30. The van der Waals surface area contributed by atoms with Crippen molar-refractivity contribution in [3.8, 4) is 0 Å². The van der Waals surface area contributed by atoms with Crippen molar-refractivity contribution in [2.75, 3.05) is 11.4 Å². The van der Waals surface area contributed by atoms with Crippen molar-refractivity contribution in [3.05, 3.63) is 82.7 Å². The topological polar surface area (TPSA) is 32.3 Å². The molecule has 4 heteroatoms. The molecule has 0 saturated heterocycles. The van der Waals surface area contributed by atoms with Gasteiger partial charge in [0.25, 0.3) is 5.91 Å². The standard InChI is InChI=1S/C24H26N2OS/c1-18(13-14-19-8-3-2-4-9-19)25-24(27)22-15-16-23(28-22)26-17-7-11-20-10-5-6-12-21(20)26/h2-6,8-10,12,15-16,18H,7,11,13-14,17H2,1H3,(H,25,27). The van der Waals surface area contributed by atoms with Gasteiger partial charge in [0.2, 0.25) is 0 Å². The zero-order chi connectivity index (χ0) is 19.3. The predicted molar refractivity (Wildman–Crippen MR) is 118 cm³/mol. The molecule has 0 bridgehead atoms. The van der Waals surface area contributed by atoms with E-state index in [1.54, 1.807) is 11.3 Å². The van der Waals surface area contributed by atoms with Crippen LogP contribution in [0.2, 0.25) is 0 Å². The van der Waals surface area contributed by atoms with Crippen LogP contribution in [0.3, 0.4) is 0 Å². The van der Waals surface area contributed by atoms with Crippen LogP contribution in [0.5, 0.6) is 0 Å². The Labute approximate surface area is 171 Å². The minimum atomic E-state index is 0.0297. The predicted octanol–water partition coefficient (Wildman–Crippen LogP) is 5.58. The molecule has 4 rings (SSSR count). The first-order chi connectivity index (χ1) is 13.7. The van der Waals surface area contributed by atoms with Crippen LogP contribution in [0, 0.1) is 0 Å². The van der Waals surface area contributed by atoms with Crippen molar-refractivity contribution in [1.29, 1.82) is 0 Å². The maximum Gasteiger partial charge on any atom is 0.261 e. The zero-order valence-corrected chi connectivity index (χ0v) is 17.0. The van der Waals surface area contributed by atoms with E-state index < -0.39 is 0 Å². The first-order valence-corrected chi connectivity index (χ1v) is 10.8. The number of hydrogen-bond donors (Lipinski definition) is 1. The lowest BCUT2D eigenvalue weighted by Crippen LogP contribution is -2.32. The van der Waals surface area contributed by atoms with Crippen LogP contribution in [0.25, 0.3) is 0 Å². The Bertz CT molecular complexity index is 935. The van der Waals surface area contributed by atoms with Crippen molar-refractivity contribution in [3.63, 3.8) is 0 Å². The second kappa shape index (κ2) is 8.61. The Hall–Kier alpha value is -2.59. The highest BCUT2D eigenvalue weighted by molar-refractivity contribution is 7.18. The number of anilines is 2. The highest BCUT2D eigenvalue weighted by Crippen LogP contribution is 2.37. The minimum Gasteiger partial charge on any atom is -0.349 e. The highest BCUT2D eigenvalue weighted by atomic mass is 32.1. The number of fused-ring (bicyclic) bond motifs is 1. The van der Waals surface area contributed by atoms with Gasteiger partial charge in [0.05, 0.1) is 9.88 Å². The molecule has 0 radical (unpaired) electrons. The van der Waals surface area contributed by atoms with Crippen molar-refractivity contribution in [2.24, 2.45) is 0 Å². The molecule has 144 valence electrons. The van der Waals surface area contributed by atoms with E-state index in [1.165, 1.54) is 16.8 Å². The first-order valence-electron chi connectivity index (χ1n) is 10.0. The van der Waals surface area contributed by atoms with Gasteiger partial charge in [-0.3, -0.25) is 4.79 Å². The second-order valence-electron chi connectivity index (χ2n) is 7.42. The molecule has 1 N–H and O–H groups in total. The SMILES string of the molecule is CC(CCc1ccccc1)NC(=O)c1ccc(N2CCCc3ccccc32)s1. The summed E-state index contributed by atoms with van der Waals surface area (Å²) in [5.74, 6) is 0.0297. The molecule has 3 nitrogen and oxygen atoms in total. The Morgan fingerprint density at radius 3 is 2.71 bits per heavy atom. The fraction of sp³-hybridized carbons (Fsp3) is 0.292. The van der Waals surface area contributed by atoms with Crippen LogP contribution < -0.4 is 10.2 Å². The van der Waals surface area contributed by atoms with Gasteiger partial charge in [-0.05, 0) is 61.9 Å². The van der Waals surface area contributed by atoms with Gasteiger partial charge in [-0.15, -0.1) is 11.3 Å². The van der Waals surface area contributed by atoms with Gasteiger partial charge < -0.3 is 10.2 Å². The largest absolute Gasteiger partial charge is 0.349 e. The minimum absolute atomic E-state index is 0.0297. The third kappa shape index (κ3) is 4.28. The van der Waals surface area contributed by atoms with Gasteiger partial charge in [0, 0.05) is 18.3 Å². The number of rotatable bonds is 6. The molecular weight excluding hydrogens is 364 g/mol. The van der Waals surface area contributed by atoms with E-state index in [0.717, 1.165) is 42.1 Å². The van der Waals surface area contributed by atoms with Gasteiger partial charge in [0.15, 0.2) is 0 Å². The van der Waals surface area contributed by atoms with E-state index in [4.69, 9.17) is 0 Å². The Kier molecular flexibility index (Phi) is 5.77. The summed E-state index contributed by atoms with van der Waals surface area (Å²) in [6, 6.07) is 23.2. The quantitative estimate of drug-likeness (QED) is 0.595. The molecule has 0 saturated carbocycles. The van der Waals surface area contributed by atoms with E-state index in [-0.39, 0.29) is 11.9 Å². The first kappa shape index (κ1) is 18.8. The third-order valence-corrected chi connectivity index (χ3v) is 6.39. The Morgan fingerprint density at radius 2 is 1.86 bits per heavy atom. The fourth-order valence-electron chi connectivity index (χ4n) is 3.75. The summed E-state index contributed by atoms with van der Waals surface area (Å²) < 4.78 is 0. The molecule has 3 aromatic rings. The summed E-state index contributed by atoms with van der Waals surface area (Å²) in [4.78, 5) is 15.8. The number of para-hydroxylation sites is 1. The van der Waals surface area contributed by atoms with Crippen LogP contribution in [-0.2, 0) is 12.8 Å². The summed E-state index contributed by atoms with van der Waals surface area (Å²) in [6.45, 7) is 3.09. The van der Waals surface area contributed by atoms with Crippen molar-refractivity contribution in [2.45, 2.75) is 38.6 Å². The number of thiophene rings is 1. The smallest absolute Gasteiger partial charge is 0.261 e. The van der Waals surface area contributed by atoms with Crippen molar-refractivity contribution >= 4 is 27.9 Å². The molecule has 28 heavy (non-hydrogen) atoms. The average molecular weight is 391 g/mol. The number of nitrogens with zero attached hydrogens (tertiary/aromatic N) is 1. The molecule has 1 amide bonds. The number of hydrogen-bond acceptors (Lipinski definition) is 3. The molecule has 0 fully saturated rings. The maximum atomic E-state index is 12.7. The molecule has 1 atom stereocenters. The average Bonchev–Trinajstić information content (AvgIpc) is 3.23. The summed E-state index contributed by atoms with van der Waals surface area (Å²) in [7, 11) is 0. The van der Waals surface area contributed by atoms with E-state index in [9.17, 15) is 4.79 Å². The van der Waals surface area contributed by atoms with Crippen LogP contribution in [0.4, 0.5) is 10.7 Å². The monoisotopic (exact) mass is 390 g/mol. The van der Waals surface area contributed by atoms with E-state index >= 15 is 0 Å². The van der Waals surface area contributed by atoms with Gasteiger partial charge in [0.1, 0.15) is 0 Å². The third-order valence-electron chi connectivity index (χ3n) is 5.28. The Morgan fingerprint density at radius 1 is 1.07 bits per heavy atom. The van der Waals surface area contributed by atoms with Gasteiger partial charge in [-0.2, -0.15) is 0 Å². The number of amides is 1. The van der Waals surface area contributed by atoms with Crippen LogP contribution in [0.1, 0.15) is 40.6 Å². The van der Waals surface area contributed by atoms with E-state index in [0.29, 0.717) is 0 Å². The van der Waals surface area contributed by atoms with Crippen LogP contribution in [-0.4, -0.2) is 18.5 Å². The zero-order valence-electron chi connectivity index (χ0n) is 16.2. The summed E-state index contributed by atoms with van der Waals surface area (Å²) >= 11 is 1.58. The van der Waals surface area contributed by atoms with E-state index in [1.807, 2.05) is 12.1 Å². The molecule has 0 aliphatic carbocycles. The fourth-order valence-corrected chi connectivity index (χ4v) is 4.70. The second-order valence-corrected chi connectivity index (χ2v) is 8.48. The van der Waals surface area contributed by atoms with Gasteiger partial charge in [-0.1, -0.05) is 48.5 Å². The number of benzene rings is 2. The highest BCUT2D eigenvalue weighted by Gasteiger charge is 2.20. The summed E-state index contributed by atoms with van der Waals surface area (Å²) in [5.41, 5.74) is 3.98. The molecule has 2 aromatic carbocycles. The number of carbonyl (C=O) groups is 1. The number of carbonyl (C=O) groups excluding carboxylic acids is 1. The maximum absolute atomic E-state index is 12.7. The lowest BCUT2D eigenvalue weighted by atomic mass is 10.0. The van der Waals surface area contributed by atoms with Crippen molar-refractivity contribution < 1.29 is 4.79 Å². The lowest BCUT2D eigenvalue weighted by molar-refractivity contribution is 0.0942. The van der Waals surface area contributed by atoms with E-state index in [2.05, 4.69) is 71.7 Å². The molecule has 1 aliphatic heterocycles. The molecular formula is C24H26N2OS. The molecule has 1 unspecified atom stereocenters. The number of aryl methyl sites for hydroxylation is 2. The van der Waals surface area contributed by atoms with Crippen molar-refractivity contribution in [1.82, 2.24) is 5.32 Å². The normalized spacial score (nSPS) is 14.4. The lowest BCUT2D eigenvalue weighted by Gasteiger charge is -2.30. The molecule has 0 spiro atoms. The molecule has 2 heterocycles. The van der Waals surface area contributed by atoms with Gasteiger partial charge >= 0.3 is 0 Å². The molecule has 1 aliphatic rings. The van der Waals surface area contributed by atoms with Crippen LogP contribution in [0.15, 0.2) is 66.7 Å². The van der Waals surface area contributed by atoms with Gasteiger partial charge in [-0.25, -0.2) is 0 Å². The summed E-state index contributed by atoms with van der Waals surface area (Å²) in [6.07, 6.45) is 4.19. The van der Waals surface area contributed by atoms with Crippen LogP contribution >= 0.6 is 11.3 Å². The Balaban J connectivity index is 1.38. The number of nitrogens with one attached hydrogen (secondary N) is 1. The molecule has 1 aromatic heterocycles.